The van der Waals surface area contributed by atoms with Gasteiger partial charge in [-0.3, -0.25) is 4.85 Å². The molecule has 0 atom stereocenters. The molecule has 0 aromatic heterocycles. The fourth-order valence-corrected chi connectivity index (χ4v) is 3.74. The highest BCUT2D eigenvalue weighted by Gasteiger charge is 2.46. The molecular weight excluding hydrogens is 258 g/mol. The molecule has 1 saturated carbocycles. The highest BCUT2D eigenvalue weighted by molar-refractivity contribution is 5.46. The van der Waals surface area contributed by atoms with Crippen molar-refractivity contribution in [1.82, 2.24) is 4.90 Å². The first-order chi connectivity index (χ1) is 10.2. The molecule has 0 radical (unpaired) electrons. The highest BCUT2D eigenvalue weighted by Crippen LogP contribution is 2.38. The molecular formula is C18H25N3. The summed E-state index contributed by atoms with van der Waals surface area (Å²) >= 11 is 0. The van der Waals surface area contributed by atoms with Crippen LogP contribution < -0.4 is 4.90 Å². The molecule has 3 nitrogen and oxygen atoms in total. The summed E-state index contributed by atoms with van der Waals surface area (Å²) in [7, 11) is 0. The van der Waals surface area contributed by atoms with Crippen LogP contribution in [0.5, 0.6) is 0 Å². The first-order valence-corrected chi connectivity index (χ1v) is 8.17. The van der Waals surface area contributed by atoms with Gasteiger partial charge >= 0.3 is 0 Å². The van der Waals surface area contributed by atoms with Crippen molar-refractivity contribution < 1.29 is 0 Å². The maximum absolute atomic E-state index is 7.73. The number of hydrogen-bond acceptors (Lipinski definition) is 2. The van der Waals surface area contributed by atoms with Gasteiger partial charge in [-0.05, 0) is 30.9 Å². The quantitative estimate of drug-likeness (QED) is 0.768. The third-order valence-electron chi connectivity index (χ3n) is 5.27. The van der Waals surface area contributed by atoms with Gasteiger partial charge in [0.05, 0.1) is 0 Å². The lowest BCUT2D eigenvalue weighted by Crippen LogP contribution is -2.56. The molecule has 112 valence electrons. The van der Waals surface area contributed by atoms with Crippen LogP contribution in [0.3, 0.4) is 0 Å². The number of hydrogen-bond donors (Lipinski definition) is 0. The van der Waals surface area contributed by atoms with Gasteiger partial charge in [-0.1, -0.05) is 25.1 Å². The summed E-state index contributed by atoms with van der Waals surface area (Å²) in [5.74, 6) is 0.797. The zero-order valence-corrected chi connectivity index (χ0v) is 13.0. The molecule has 3 heteroatoms. The minimum Gasteiger partial charge on any atom is -0.369 e. The van der Waals surface area contributed by atoms with E-state index in [1.807, 2.05) is 0 Å². The Labute approximate surface area is 128 Å². The van der Waals surface area contributed by atoms with E-state index in [4.69, 9.17) is 6.57 Å². The number of anilines is 1. The molecule has 1 aliphatic heterocycles. The van der Waals surface area contributed by atoms with Gasteiger partial charge in [0.25, 0.3) is 5.66 Å². The topological polar surface area (TPSA) is 10.8 Å². The first kappa shape index (κ1) is 14.4. The molecule has 21 heavy (non-hydrogen) atoms. The lowest BCUT2D eigenvalue weighted by Gasteiger charge is -2.43. The molecule has 1 aromatic rings. The summed E-state index contributed by atoms with van der Waals surface area (Å²) in [6, 6.07) is 10.6. The Bertz CT molecular complexity index is 489. The predicted molar refractivity (Wildman–Crippen MR) is 87.2 cm³/mol. The maximum Gasteiger partial charge on any atom is 0.288 e. The lowest BCUT2D eigenvalue weighted by atomic mass is 9.82. The number of rotatable bonds is 2. The average molecular weight is 283 g/mol. The summed E-state index contributed by atoms with van der Waals surface area (Å²) < 4.78 is 0. The van der Waals surface area contributed by atoms with Gasteiger partial charge in [0.15, 0.2) is 0 Å². The lowest BCUT2D eigenvalue weighted by molar-refractivity contribution is 0.0699. The summed E-state index contributed by atoms with van der Waals surface area (Å²) in [4.78, 5) is 9.00. The number of para-hydroxylation sites is 1. The first-order valence-electron chi connectivity index (χ1n) is 8.17. The van der Waals surface area contributed by atoms with Crippen LogP contribution in [0.25, 0.3) is 4.85 Å². The fourth-order valence-electron chi connectivity index (χ4n) is 3.74. The predicted octanol–water partition coefficient (Wildman–Crippen LogP) is 3.63. The summed E-state index contributed by atoms with van der Waals surface area (Å²) in [5, 5.41) is 0. The Hall–Kier alpha value is -1.53. The van der Waals surface area contributed by atoms with Gasteiger partial charge in [-0.15, -0.1) is 0 Å². The molecule has 0 amide bonds. The second kappa shape index (κ2) is 6.07. The number of benzene rings is 1. The summed E-state index contributed by atoms with van der Waals surface area (Å²) in [6.07, 6.45) is 4.54. The van der Waals surface area contributed by atoms with Crippen LogP contribution in [0.15, 0.2) is 30.3 Å². The molecule has 1 saturated heterocycles. The fraction of sp³-hybridized carbons (Fsp3) is 0.611. The van der Waals surface area contributed by atoms with Crippen LogP contribution in [0, 0.1) is 12.5 Å². The summed E-state index contributed by atoms with van der Waals surface area (Å²) in [6.45, 7) is 14.2. The van der Waals surface area contributed by atoms with E-state index in [1.54, 1.807) is 0 Å². The van der Waals surface area contributed by atoms with Gasteiger partial charge in [0.2, 0.25) is 0 Å². The third kappa shape index (κ3) is 2.91. The summed E-state index contributed by atoms with van der Waals surface area (Å²) in [5.41, 5.74) is 1.11. The Morgan fingerprint density at radius 3 is 2.24 bits per heavy atom. The van der Waals surface area contributed by atoms with Gasteiger partial charge in [-0.25, -0.2) is 11.5 Å². The molecule has 1 aromatic carbocycles. The van der Waals surface area contributed by atoms with Crippen LogP contribution in [-0.4, -0.2) is 36.7 Å². The Morgan fingerprint density at radius 1 is 1.05 bits per heavy atom. The Kier molecular flexibility index (Phi) is 4.17. The average Bonchev–Trinajstić information content (AvgIpc) is 2.57. The number of nitrogens with zero attached hydrogens (tertiary/aromatic N) is 3. The van der Waals surface area contributed by atoms with E-state index in [2.05, 4.69) is 51.9 Å². The maximum atomic E-state index is 7.73. The molecule has 0 N–H and O–H groups in total. The van der Waals surface area contributed by atoms with Crippen molar-refractivity contribution in [3.8, 4) is 0 Å². The standard InChI is InChI=1S/C18H25N3/c1-16-8-10-18(19-2,11-9-16)21-14-12-20(13-15-21)17-6-4-3-5-7-17/h3-7,16H,8-15H2,1H3. The molecule has 0 unspecified atom stereocenters. The largest absolute Gasteiger partial charge is 0.369 e. The van der Waals surface area contributed by atoms with E-state index >= 15 is 0 Å². The van der Waals surface area contributed by atoms with Gasteiger partial charge in [0.1, 0.15) is 0 Å². The van der Waals surface area contributed by atoms with Crippen LogP contribution in [0.4, 0.5) is 5.69 Å². The van der Waals surface area contributed by atoms with Crippen molar-refractivity contribution >= 4 is 5.69 Å². The monoisotopic (exact) mass is 283 g/mol. The van der Waals surface area contributed by atoms with Crippen LogP contribution in [0.1, 0.15) is 32.6 Å². The zero-order chi connectivity index (χ0) is 14.7. The van der Waals surface area contributed by atoms with Crippen LogP contribution in [-0.2, 0) is 0 Å². The van der Waals surface area contributed by atoms with Crippen molar-refractivity contribution in [2.24, 2.45) is 5.92 Å². The Morgan fingerprint density at radius 2 is 1.67 bits per heavy atom. The van der Waals surface area contributed by atoms with E-state index < -0.39 is 0 Å². The second-order valence-corrected chi connectivity index (χ2v) is 6.59. The van der Waals surface area contributed by atoms with Crippen LogP contribution in [0.2, 0.25) is 0 Å². The van der Waals surface area contributed by atoms with E-state index in [0.29, 0.717) is 0 Å². The van der Waals surface area contributed by atoms with E-state index in [-0.39, 0.29) is 5.66 Å². The molecule has 1 aliphatic carbocycles. The third-order valence-corrected chi connectivity index (χ3v) is 5.27. The normalized spacial score (nSPS) is 30.9. The van der Waals surface area contributed by atoms with E-state index in [9.17, 15) is 0 Å². The van der Waals surface area contributed by atoms with Crippen molar-refractivity contribution in [2.45, 2.75) is 38.3 Å². The van der Waals surface area contributed by atoms with Gasteiger partial charge < -0.3 is 4.90 Å². The minimum absolute atomic E-state index is 0.199. The van der Waals surface area contributed by atoms with E-state index in [1.165, 1.54) is 18.5 Å². The SMILES string of the molecule is [C-]#[N+]C1(N2CCN(c3ccccc3)CC2)CCC(C)CC1. The second-order valence-electron chi connectivity index (χ2n) is 6.59. The minimum atomic E-state index is -0.199. The number of piperazine rings is 1. The molecule has 0 bridgehead atoms. The smallest absolute Gasteiger partial charge is 0.288 e. The van der Waals surface area contributed by atoms with Crippen molar-refractivity contribution in [1.29, 1.82) is 0 Å². The van der Waals surface area contributed by atoms with E-state index in [0.717, 1.165) is 44.9 Å². The molecule has 3 rings (SSSR count). The highest BCUT2D eigenvalue weighted by atomic mass is 15.3. The molecule has 2 aliphatic rings. The Balaban J connectivity index is 1.64. The van der Waals surface area contributed by atoms with Crippen molar-refractivity contribution in [3.05, 3.63) is 41.7 Å². The van der Waals surface area contributed by atoms with Crippen LogP contribution >= 0.6 is 0 Å². The molecule has 0 spiro atoms. The van der Waals surface area contributed by atoms with Crippen molar-refractivity contribution in [2.75, 3.05) is 31.1 Å². The van der Waals surface area contributed by atoms with Gasteiger partial charge in [0, 0.05) is 44.7 Å². The molecule has 1 heterocycles. The molecule has 2 fully saturated rings. The van der Waals surface area contributed by atoms with Crippen molar-refractivity contribution in [3.63, 3.8) is 0 Å². The zero-order valence-electron chi connectivity index (χ0n) is 13.0. The van der Waals surface area contributed by atoms with Gasteiger partial charge in [-0.2, -0.15) is 0 Å².